The Balaban J connectivity index is 0.000000640. The monoisotopic (exact) mass is 199 g/mol. The van der Waals surface area contributed by atoms with E-state index in [1.807, 2.05) is 0 Å². The van der Waals surface area contributed by atoms with Gasteiger partial charge < -0.3 is 5.32 Å². The van der Waals surface area contributed by atoms with Gasteiger partial charge in [0.05, 0.1) is 0 Å². The van der Waals surface area contributed by atoms with Gasteiger partial charge in [-0.05, 0) is 6.04 Å². The van der Waals surface area contributed by atoms with Crippen LogP contribution in [0.15, 0.2) is 11.8 Å². The molecule has 49 valence electrons. The van der Waals surface area contributed by atoms with Gasteiger partial charge in [0.15, 0.2) is 0 Å². The van der Waals surface area contributed by atoms with Gasteiger partial charge >= 0.3 is 0 Å². The molecule has 0 aromatic heterocycles. The van der Waals surface area contributed by atoms with E-state index in [0.717, 1.165) is 0 Å². The van der Waals surface area contributed by atoms with Crippen molar-refractivity contribution in [3.63, 3.8) is 0 Å². The van der Waals surface area contributed by atoms with Crippen molar-refractivity contribution in [2.45, 2.75) is 26.8 Å². The van der Waals surface area contributed by atoms with Crippen molar-refractivity contribution in [1.29, 1.82) is 0 Å². The van der Waals surface area contributed by atoms with Crippen LogP contribution in [0.3, 0.4) is 0 Å². The van der Waals surface area contributed by atoms with Crippen molar-refractivity contribution in [2.24, 2.45) is 0 Å². The van der Waals surface area contributed by atoms with Crippen molar-refractivity contribution < 1.29 is 32.7 Å². The van der Waals surface area contributed by atoms with E-state index in [-0.39, 0.29) is 32.7 Å². The van der Waals surface area contributed by atoms with Crippen LogP contribution >= 0.6 is 0 Å². The number of hydrogen-bond acceptors (Lipinski definition) is 1. The Morgan fingerprint density at radius 3 is 2.33 bits per heavy atom. The van der Waals surface area contributed by atoms with Crippen molar-refractivity contribution in [3.8, 4) is 0 Å². The van der Waals surface area contributed by atoms with Gasteiger partial charge in [0.2, 0.25) is 0 Å². The van der Waals surface area contributed by atoms with Gasteiger partial charge in [0.25, 0.3) is 0 Å². The predicted molar refractivity (Wildman–Crippen MR) is 35.3 cm³/mol. The average Bonchev–Trinajstić information content (AvgIpc) is 1.98. The SMILES string of the molecule is CC1=CNC(C)[C-]1C.[Y]. The molecular formula is C7H12NY-. The van der Waals surface area contributed by atoms with Crippen LogP contribution in [0.2, 0.25) is 0 Å². The molecule has 1 N–H and O–H groups in total. The molecule has 0 bridgehead atoms. The van der Waals surface area contributed by atoms with E-state index >= 15 is 0 Å². The third kappa shape index (κ3) is 1.98. The van der Waals surface area contributed by atoms with Gasteiger partial charge in [-0.25, -0.2) is 0 Å². The third-order valence-corrected chi connectivity index (χ3v) is 1.82. The maximum absolute atomic E-state index is 3.22. The first kappa shape index (κ1) is 9.51. The molecule has 0 saturated carbocycles. The Kier molecular flexibility index (Phi) is 3.83. The number of rotatable bonds is 0. The quantitative estimate of drug-likeness (QED) is 0.582. The third-order valence-electron chi connectivity index (χ3n) is 1.82. The van der Waals surface area contributed by atoms with Crippen LogP contribution in [-0.4, -0.2) is 6.04 Å². The number of hydrogen-bond donors (Lipinski definition) is 1. The summed E-state index contributed by atoms with van der Waals surface area (Å²) in [5.41, 5.74) is 1.39. The van der Waals surface area contributed by atoms with E-state index in [2.05, 4.69) is 32.3 Å². The van der Waals surface area contributed by atoms with Crippen molar-refractivity contribution >= 4 is 0 Å². The van der Waals surface area contributed by atoms with E-state index in [9.17, 15) is 0 Å². The smallest absolute Gasteiger partial charge is 0 e. The van der Waals surface area contributed by atoms with Crippen LogP contribution in [-0.2, 0) is 32.7 Å². The standard InChI is InChI=1S/C7H12N.Y/c1-5-4-8-7(3)6(5)2;/h4,7-8H,1-3H3;/q-1;. The largest absolute Gasteiger partial charge is 0.476 e. The van der Waals surface area contributed by atoms with Gasteiger partial charge in [-0.15, -0.1) is 13.1 Å². The molecule has 1 heterocycles. The molecule has 9 heavy (non-hydrogen) atoms. The van der Waals surface area contributed by atoms with Crippen LogP contribution in [0, 0.1) is 5.92 Å². The molecule has 1 atom stereocenters. The topological polar surface area (TPSA) is 12.0 Å². The first-order valence-corrected chi connectivity index (χ1v) is 2.98. The van der Waals surface area contributed by atoms with Gasteiger partial charge in [0, 0.05) is 32.7 Å². The summed E-state index contributed by atoms with van der Waals surface area (Å²) in [6.45, 7) is 6.46. The van der Waals surface area contributed by atoms with E-state index in [1.54, 1.807) is 0 Å². The Labute approximate surface area is 82.2 Å². The fraction of sp³-hybridized carbons (Fsp3) is 0.571. The zero-order valence-corrected chi connectivity index (χ0v) is 9.07. The fourth-order valence-corrected chi connectivity index (χ4v) is 0.830. The summed E-state index contributed by atoms with van der Waals surface area (Å²) >= 11 is 0. The minimum Gasteiger partial charge on any atom is -0.476 e. The predicted octanol–water partition coefficient (Wildman–Crippen LogP) is 1.47. The molecule has 1 aliphatic heterocycles. The summed E-state index contributed by atoms with van der Waals surface area (Å²) in [5.74, 6) is 1.46. The van der Waals surface area contributed by atoms with E-state index in [4.69, 9.17) is 0 Å². The molecule has 1 unspecified atom stereocenters. The summed E-state index contributed by atoms with van der Waals surface area (Å²) in [5, 5.41) is 3.22. The molecule has 0 spiro atoms. The molecular weight excluding hydrogens is 187 g/mol. The molecule has 1 rings (SSSR count). The molecule has 0 aromatic rings. The molecule has 2 heteroatoms. The molecule has 0 saturated heterocycles. The van der Waals surface area contributed by atoms with Crippen molar-refractivity contribution in [2.75, 3.05) is 0 Å². The van der Waals surface area contributed by atoms with Crippen LogP contribution in [0.1, 0.15) is 20.8 Å². The van der Waals surface area contributed by atoms with E-state index in [0.29, 0.717) is 6.04 Å². The summed E-state index contributed by atoms with van der Waals surface area (Å²) in [6.07, 6.45) is 2.07. The summed E-state index contributed by atoms with van der Waals surface area (Å²) in [6, 6.07) is 0.565. The average molecular weight is 199 g/mol. The zero-order chi connectivity index (χ0) is 6.15. The second kappa shape index (κ2) is 3.63. The Morgan fingerprint density at radius 1 is 1.67 bits per heavy atom. The van der Waals surface area contributed by atoms with Crippen LogP contribution in [0.25, 0.3) is 0 Å². The van der Waals surface area contributed by atoms with Gasteiger partial charge in [0.1, 0.15) is 0 Å². The van der Waals surface area contributed by atoms with Gasteiger partial charge in [-0.2, -0.15) is 11.5 Å². The van der Waals surface area contributed by atoms with Crippen LogP contribution in [0.4, 0.5) is 0 Å². The van der Waals surface area contributed by atoms with Crippen molar-refractivity contribution in [1.82, 2.24) is 5.32 Å². The Hall–Kier alpha value is 0.514. The van der Waals surface area contributed by atoms with Gasteiger partial charge in [-0.1, -0.05) is 13.8 Å². The zero-order valence-electron chi connectivity index (χ0n) is 6.23. The van der Waals surface area contributed by atoms with Gasteiger partial charge in [-0.3, -0.25) is 0 Å². The second-order valence-corrected chi connectivity index (χ2v) is 2.40. The molecule has 1 radical (unpaired) electrons. The van der Waals surface area contributed by atoms with Crippen molar-refractivity contribution in [3.05, 3.63) is 17.7 Å². The molecule has 0 aromatic carbocycles. The van der Waals surface area contributed by atoms with Crippen LogP contribution in [0.5, 0.6) is 0 Å². The maximum Gasteiger partial charge on any atom is 0 e. The summed E-state index contributed by atoms with van der Waals surface area (Å²) < 4.78 is 0. The Bertz CT molecular complexity index is 120. The van der Waals surface area contributed by atoms with E-state index in [1.165, 1.54) is 11.5 Å². The first-order valence-electron chi connectivity index (χ1n) is 2.98. The molecule has 1 aliphatic rings. The molecule has 0 fully saturated rings. The summed E-state index contributed by atoms with van der Waals surface area (Å²) in [4.78, 5) is 0. The molecule has 0 amide bonds. The summed E-state index contributed by atoms with van der Waals surface area (Å²) in [7, 11) is 0. The first-order chi connectivity index (χ1) is 3.72. The van der Waals surface area contributed by atoms with E-state index < -0.39 is 0 Å². The molecule has 1 nitrogen and oxygen atoms in total. The second-order valence-electron chi connectivity index (χ2n) is 2.40. The minimum absolute atomic E-state index is 0. The molecule has 0 aliphatic carbocycles. The minimum atomic E-state index is 0. The Morgan fingerprint density at radius 2 is 2.22 bits per heavy atom. The fourth-order valence-electron chi connectivity index (χ4n) is 0.830. The number of nitrogens with one attached hydrogen (secondary N) is 1. The normalized spacial score (nSPS) is 24.6. The van der Waals surface area contributed by atoms with Crippen LogP contribution < -0.4 is 5.32 Å². The maximum atomic E-state index is 3.22.